The molecule has 3 saturated carbocycles. The quantitative estimate of drug-likeness (QED) is 0.188. The molecular formula is C47H55N3O9. The number of allylic oxidation sites excluding steroid dienone is 4. The van der Waals surface area contributed by atoms with Crippen LogP contribution in [0.25, 0.3) is 12.2 Å². The molecule has 2 aromatic carbocycles. The molecule has 0 spiro atoms. The Bertz CT molecular complexity index is 2110. The van der Waals surface area contributed by atoms with Gasteiger partial charge in [-0.25, -0.2) is 0 Å². The Balaban J connectivity index is 0.846. The van der Waals surface area contributed by atoms with E-state index in [1.807, 2.05) is 73.7 Å². The van der Waals surface area contributed by atoms with E-state index in [4.69, 9.17) is 14.2 Å². The zero-order valence-corrected chi connectivity index (χ0v) is 34.1. The van der Waals surface area contributed by atoms with E-state index in [-0.39, 0.29) is 68.0 Å². The van der Waals surface area contributed by atoms with Gasteiger partial charge in [-0.2, -0.15) is 0 Å². The number of aliphatic hydroxyl groups is 1. The van der Waals surface area contributed by atoms with E-state index in [1.165, 1.54) is 0 Å². The minimum absolute atomic E-state index is 0.0184. The third-order valence-electron chi connectivity index (χ3n) is 14.2. The van der Waals surface area contributed by atoms with Crippen LogP contribution >= 0.6 is 0 Å². The Morgan fingerprint density at radius 2 is 1.73 bits per heavy atom. The van der Waals surface area contributed by atoms with Gasteiger partial charge in [-0.1, -0.05) is 93.5 Å². The summed E-state index contributed by atoms with van der Waals surface area (Å²) in [5.41, 5.74) is 2.24. The van der Waals surface area contributed by atoms with Gasteiger partial charge in [0.1, 0.15) is 13.3 Å². The summed E-state index contributed by atoms with van der Waals surface area (Å²) in [5, 5.41) is 17.2. The summed E-state index contributed by atoms with van der Waals surface area (Å²) in [5.74, 6) is -1.43. The lowest BCUT2D eigenvalue weighted by Gasteiger charge is -2.59. The second-order valence-electron chi connectivity index (χ2n) is 17.5. The first-order chi connectivity index (χ1) is 28.4. The predicted octanol–water partition coefficient (Wildman–Crippen LogP) is 5.43. The highest BCUT2D eigenvalue weighted by atomic mass is 16.7. The molecule has 2 aliphatic heterocycles. The van der Waals surface area contributed by atoms with E-state index >= 15 is 0 Å². The number of para-hydroxylation sites is 1. The molecule has 8 rings (SSSR count). The molecule has 0 bridgehead atoms. The maximum Gasteiger partial charge on any atom is 0.241 e. The molecule has 4 aliphatic carbocycles. The number of ether oxygens (including phenoxy) is 3. The maximum atomic E-state index is 14.4. The number of hydrogen-bond donors (Lipinski definition) is 3. The van der Waals surface area contributed by atoms with Gasteiger partial charge in [0.2, 0.25) is 17.7 Å². The Labute approximate surface area is 345 Å². The van der Waals surface area contributed by atoms with E-state index in [2.05, 4.69) is 24.5 Å². The van der Waals surface area contributed by atoms with Gasteiger partial charge in [0.15, 0.2) is 23.5 Å². The van der Waals surface area contributed by atoms with Crippen LogP contribution in [-0.4, -0.2) is 78.4 Å². The van der Waals surface area contributed by atoms with Crippen molar-refractivity contribution in [3.8, 4) is 0 Å². The molecule has 2 heterocycles. The van der Waals surface area contributed by atoms with E-state index in [0.29, 0.717) is 25.8 Å². The van der Waals surface area contributed by atoms with Crippen molar-refractivity contribution in [2.75, 3.05) is 24.8 Å². The number of rotatable bonds is 12. The molecule has 0 radical (unpaired) electrons. The fraction of sp³-hybridized carbons (Fsp3) is 0.511. The molecule has 9 atom stereocenters. The minimum atomic E-state index is -1.33. The molecule has 0 aromatic heterocycles. The fourth-order valence-electron chi connectivity index (χ4n) is 11.4. The molecule has 12 nitrogen and oxygen atoms in total. The van der Waals surface area contributed by atoms with Crippen molar-refractivity contribution in [1.29, 1.82) is 0 Å². The highest BCUT2D eigenvalue weighted by molar-refractivity contribution is 6.01. The molecule has 4 fully saturated rings. The van der Waals surface area contributed by atoms with Gasteiger partial charge in [0.25, 0.3) is 0 Å². The first-order valence-corrected chi connectivity index (χ1v) is 21.1. The predicted molar refractivity (Wildman–Crippen MR) is 220 cm³/mol. The zero-order valence-electron chi connectivity index (χ0n) is 34.1. The molecule has 12 heteroatoms. The van der Waals surface area contributed by atoms with Crippen LogP contribution in [0.15, 0.2) is 72.3 Å². The highest BCUT2D eigenvalue weighted by Crippen LogP contribution is 2.69. The largest absolute Gasteiger partial charge is 0.393 e. The number of hydrogen-bond acceptors (Lipinski definition) is 9. The van der Waals surface area contributed by atoms with Crippen molar-refractivity contribution < 1.29 is 43.3 Å². The second-order valence-corrected chi connectivity index (χ2v) is 17.5. The number of carbonyl (C=O) groups is 5. The van der Waals surface area contributed by atoms with Crippen molar-refractivity contribution in [2.45, 2.75) is 103 Å². The molecule has 6 aliphatic rings. The third kappa shape index (κ3) is 7.32. The Hall–Kier alpha value is -4.75. The monoisotopic (exact) mass is 805 g/mol. The number of Topliss-reactive ketones (excluding diaryl/α,β-unsaturated/α-hetero) is 1. The van der Waals surface area contributed by atoms with Crippen molar-refractivity contribution in [3.63, 3.8) is 0 Å². The maximum absolute atomic E-state index is 14.4. The number of benzene rings is 2. The van der Waals surface area contributed by atoms with E-state index in [1.54, 1.807) is 17.1 Å². The Kier molecular flexibility index (Phi) is 11.4. The summed E-state index contributed by atoms with van der Waals surface area (Å²) in [6, 6.07) is 15.5. The zero-order chi connectivity index (χ0) is 41.5. The Morgan fingerprint density at radius 1 is 0.966 bits per heavy atom. The summed E-state index contributed by atoms with van der Waals surface area (Å²) >= 11 is 0. The van der Waals surface area contributed by atoms with Crippen LogP contribution in [0.1, 0.15) is 88.8 Å². The second kappa shape index (κ2) is 16.4. The Morgan fingerprint density at radius 3 is 2.54 bits per heavy atom. The number of carbonyl (C=O) groups excluding carboxylic acids is 5. The first-order valence-electron chi connectivity index (χ1n) is 21.1. The van der Waals surface area contributed by atoms with Crippen molar-refractivity contribution in [2.24, 2.45) is 28.6 Å². The van der Waals surface area contributed by atoms with Crippen LogP contribution in [0.4, 0.5) is 5.69 Å². The average Bonchev–Trinajstić information content (AvgIpc) is 3.70. The molecule has 3 amide bonds. The number of fused-ring (bicyclic) bond motifs is 9. The molecular weight excluding hydrogens is 751 g/mol. The highest BCUT2D eigenvalue weighted by Gasteiger charge is 2.75. The van der Waals surface area contributed by atoms with Gasteiger partial charge in [-0.15, -0.1) is 0 Å². The van der Waals surface area contributed by atoms with Crippen LogP contribution in [-0.2, 0) is 44.7 Å². The topological polar surface area (TPSA) is 161 Å². The van der Waals surface area contributed by atoms with Gasteiger partial charge in [0.05, 0.1) is 31.0 Å². The number of nitrogens with zero attached hydrogens (tertiary/aromatic N) is 1. The number of anilines is 1. The summed E-state index contributed by atoms with van der Waals surface area (Å²) < 4.78 is 18.9. The number of amides is 3. The van der Waals surface area contributed by atoms with Gasteiger partial charge in [-0.05, 0) is 78.8 Å². The third-order valence-corrected chi connectivity index (χ3v) is 14.2. The van der Waals surface area contributed by atoms with E-state index < -0.39 is 46.7 Å². The lowest BCUT2D eigenvalue weighted by Crippen LogP contribution is -2.63. The number of aliphatic hydroxyl groups excluding tert-OH is 1. The van der Waals surface area contributed by atoms with E-state index in [9.17, 15) is 29.1 Å². The summed E-state index contributed by atoms with van der Waals surface area (Å²) in [6.07, 6.45) is 11.4. The summed E-state index contributed by atoms with van der Waals surface area (Å²) in [4.78, 5) is 67.5. The standard InChI is InChI=1S/C47H55N3O9/c1-4-9-43-58-39-23-35-34-17-16-32-22-33(51)20-21-45(32,2)44(34)37(52)24-46(35,3)47(39,59-43)38(53)27-57-28-49-41(55)25-48-40(54)18-19-42(56)50-26-31-12-6-5-10-29(31)14-15-30-11-7-8-13-36(30)50/h5-8,10-15,20-22,34-35,37,39,43-44,52H,4,9,16-19,23-28H2,1-3H3,(H,48,54)(H,49,55)/b15-14-/t34-,35-,37-,39+,43?,44+,45-,46-,47+/m0/s1. The molecule has 1 unspecified atom stereocenters. The van der Waals surface area contributed by atoms with Gasteiger partial charge < -0.3 is 34.9 Å². The van der Waals surface area contributed by atoms with Crippen LogP contribution in [0.3, 0.4) is 0 Å². The summed E-state index contributed by atoms with van der Waals surface area (Å²) in [7, 11) is 0. The van der Waals surface area contributed by atoms with Crippen molar-refractivity contribution in [3.05, 3.63) is 89.0 Å². The van der Waals surface area contributed by atoms with Crippen LogP contribution < -0.4 is 15.5 Å². The number of nitrogens with one attached hydrogen (secondary N) is 2. The van der Waals surface area contributed by atoms with Crippen molar-refractivity contribution >= 4 is 47.1 Å². The lowest BCUT2D eigenvalue weighted by molar-refractivity contribution is -0.201. The van der Waals surface area contributed by atoms with E-state index in [0.717, 1.165) is 47.2 Å². The first kappa shape index (κ1) is 41.0. The molecule has 312 valence electrons. The molecule has 1 saturated heterocycles. The van der Waals surface area contributed by atoms with Gasteiger partial charge >= 0.3 is 0 Å². The van der Waals surface area contributed by atoms with Gasteiger partial charge in [0, 0.05) is 29.6 Å². The normalized spacial score (nSPS) is 33.1. The average molecular weight is 806 g/mol. The lowest BCUT2D eigenvalue weighted by atomic mass is 9.46. The van der Waals surface area contributed by atoms with Crippen LogP contribution in [0, 0.1) is 28.6 Å². The number of ketones is 2. The minimum Gasteiger partial charge on any atom is -0.393 e. The smallest absolute Gasteiger partial charge is 0.241 e. The molecule has 59 heavy (non-hydrogen) atoms. The SMILES string of the molecule is CCCC1O[C@@H]2C[C@H]3[C@@H]4CCC5=CC(=O)C=C[C@]5(C)[C@H]4[C@@H](O)C[C@]3(C)[C@]2(C(=O)COCNC(=O)CNC(=O)CCC(=O)N2Cc3ccccc3/C=C\c3ccccc32)O1. The van der Waals surface area contributed by atoms with Crippen molar-refractivity contribution in [1.82, 2.24) is 10.6 Å². The molecule has 3 N–H and O–H groups in total. The van der Waals surface area contributed by atoms with Crippen LogP contribution in [0.2, 0.25) is 0 Å². The fourth-order valence-corrected chi connectivity index (χ4v) is 11.4. The van der Waals surface area contributed by atoms with Crippen LogP contribution in [0.5, 0.6) is 0 Å². The molecule has 2 aromatic rings. The van der Waals surface area contributed by atoms with Gasteiger partial charge in [-0.3, -0.25) is 24.0 Å². The summed E-state index contributed by atoms with van der Waals surface area (Å²) in [6.45, 7) is 5.65.